The highest BCUT2D eigenvalue weighted by atomic mass is 35.5. The second-order valence-electron chi connectivity index (χ2n) is 7.56. The summed E-state index contributed by atoms with van der Waals surface area (Å²) in [5.41, 5.74) is 2.29. The van der Waals surface area contributed by atoms with Crippen molar-refractivity contribution in [2.45, 2.75) is 19.3 Å². The quantitative estimate of drug-likeness (QED) is 0.421. The lowest BCUT2D eigenvalue weighted by molar-refractivity contribution is -0.001000. The second kappa shape index (κ2) is 12.7. The fourth-order valence-corrected chi connectivity index (χ4v) is 3.80. The van der Waals surface area contributed by atoms with E-state index < -0.39 is 6.10 Å². The van der Waals surface area contributed by atoms with Crippen LogP contribution in [0.1, 0.15) is 11.1 Å². The molecule has 2 aromatic carbocycles. The fraction of sp³-hybridized carbons (Fsp3) is 0.455. The number of hydrogen-bond donors (Lipinski definition) is 1. The molecule has 1 fully saturated rings. The van der Waals surface area contributed by atoms with Gasteiger partial charge in [0, 0.05) is 44.3 Å². The van der Waals surface area contributed by atoms with Crippen LogP contribution in [0.2, 0.25) is 5.02 Å². The van der Waals surface area contributed by atoms with Crippen LogP contribution in [0.4, 0.5) is 0 Å². The lowest BCUT2D eigenvalue weighted by Gasteiger charge is -2.35. The van der Waals surface area contributed by atoms with Gasteiger partial charge in [0.25, 0.3) is 0 Å². The zero-order chi connectivity index (χ0) is 20.1. The molecule has 0 aliphatic carbocycles. The first kappa shape index (κ1) is 26.0. The SMILES string of the molecule is OC(COCc1ccc(Cl)cc1)CN1CCN(Cc2ccc3c(c2)OCO3)CC1.[Cl-].[Cl-]. The molecule has 9 heteroatoms. The maximum Gasteiger partial charge on any atom is 0.231 e. The smallest absolute Gasteiger partial charge is 0.231 e. The molecule has 1 atom stereocenters. The number of aliphatic hydroxyl groups excluding tert-OH is 1. The summed E-state index contributed by atoms with van der Waals surface area (Å²) in [4.78, 5) is 4.73. The largest absolute Gasteiger partial charge is 1.00 e. The highest BCUT2D eigenvalue weighted by Crippen LogP contribution is 2.32. The van der Waals surface area contributed by atoms with Gasteiger partial charge in [0.1, 0.15) is 0 Å². The van der Waals surface area contributed by atoms with Gasteiger partial charge in [0.15, 0.2) is 11.5 Å². The Morgan fingerprint density at radius 1 is 0.903 bits per heavy atom. The number of rotatable bonds is 8. The average molecular weight is 490 g/mol. The third-order valence-electron chi connectivity index (χ3n) is 5.27. The van der Waals surface area contributed by atoms with E-state index in [9.17, 15) is 5.11 Å². The molecule has 0 spiro atoms. The van der Waals surface area contributed by atoms with E-state index in [0.29, 0.717) is 31.6 Å². The van der Waals surface area contributed by atoms with E-state index in [0.717, 1.165) is 49.8 Å². The van der Waals surface area contributed by atoms with Crippen LogP contribution in [0.25, 0.3) is 0 Å². The van der Waals surface area contributed by atoms with Crippen molar-refractivity contribution < 1.29 is 44.1 Å². The number of aliphatic hydroxyl groups is 1. The highest BCUT2D eigenvalue weighted by molar-refractivity contribution is 6.30. The van der Waals surface area contributed by atoms with Crippen LogP contribution >= 0.6 is 11.6 Å². The Labute approximate surface area is 200 Å². The van der Waals surface area contributed by atoms with Gasteiger partial charge in [-0.1, -0.05) is 29.8 Å². The van der Waals surface area contributed by atoms with Gasteiger partial charge in [-0.15, -0.1) is 0 Å². The molecular formula is C22H27Cl3N2O4-2. The first-order chi connectivity index (χ1) is 14.2. The number of halogens is 3. The Morgan fingerprint density at radius 2 is 1.55 bits per heavy atom. The third kappa shape index (κ3) is 7.68. The standard InChI is InChI=1S/C22H27ClN2O4.2ClH/c23-19-4-1-17(2-5-19)14-27-15-20(26)13-25-9-7-24(8-10-25)12-18-3-6-21-22(11-18)29-16-28-21;;/h1-6,11,20,26H,7-10,12-16H2;2*1H/p-2. The topological polar surface area (TPSA) is 54.4 Å². The van der Waals surface area contributed by atoms with Gasteiger partial charge in [0.05, 0.1) is 19.3 Å². The highest BCUT2D eigenvalue weighted by Gasteiger charge is 2.20. The van der Waals surface area contributed by atoms with Crippen LogP contribution in [0.15, 0.2) is 42.5 Å². The minimum Gasteiger partial charge on any atom is -1.00 e. The number of nitrogens with zero attached hydrogens (tertiary/aromatic N) is 2. The molecular weight excluding hydrogens is 463 g/mol. The summed E-state index contributed by atoms with van der Waals surface area (Å²) in [7, 11) is 0. The summed E-state index contributed by atoms with van der Waals surface area (Å²) in [6, 6.07) is 13.7. The molecule has 172 valence electrons. The fourth-order valence-electron chi connectivity index (χ4n) is 3.67. The van der Waals surface area contributed by atoms with Gasteiger partial charge in [-0.2, -0.15) is 0 Å². The molecule has 0 saturated carbocycles. The number of fused-ring (bicyclic) bond motifs is 1. The molecule has 2 aliphatic rings. The first-order valence-electron chi connectivity index (χ1n) is 9.99. The Morgan fingerprint density at radius 3 is 2.29 bits per heavy atom. The van der Waals surface area contributed by atoms with Gasteiger partial charge in [0.2, 0.25) is 6.79 Å². The monoisotopic (exact) mass is 488 g/mol. The Kier molecular flexibility index (Phi) is 10.7. The predicted molar refractivity (Wildman–Crippen MR) is 111 cm³/mol. The van der Waals surface area contributed by atoms with E-state index in [4.69, 9.17) is 25.8 Å². The van der Waals surface area contributed by atoms with E-state index in [1.54, 1.807) is 0 Å². The van der Waals surface area contributed by atoms with Crippen LogP contribution in [-0.2, 0) is 17.9 Å². The molecule has 6 nitrogen and oxygen atoms in total. The molecule has 1 saturated heterocycles. The van der Waals surface area contributed by atoms with Gasteiger partial charge in [-0.05, 0) is 35.4 Å². The summed E-state index contributed by atoms with van der Waals surface area (Å²) in [5, 5.41) is 11.0. The van der Waals surface area contributed by atoms with Crippen molar-refractivity contribution in [1.29, 1.82) is 0 Å². The van der Waals surface area contributed by atoms with E-state index in [2.05, 4.69) is 21.9 Å². The number of β-amino-alcohol motifs (C(OH)–C–C–N with tert-alkyl or cyclic N) is 1. The molecule has 2 aromatic rings. The van der Waals surface area contributed by atoms with Crippen molar-refractivity contribution in [1.82, 2.24) is 9.80 Å². The Bertz CT molecular complexity index is 802. The van der Waals surface area contributed by atoms with E-state index >= 15 is 0 Å². The van der Waals surface area contributed by atoms with Crippen molar-refractivity contribution in [2.24, 2.45) is 0 Å². The Hall–Kier alpha value is -1.25. The molecule has 0 bridgehead atoms. The van der Waals surface area contributed by atoms with Crippen LogP contribution in [0, 0.1) is 0 Å². The molecule has 0 aromatic heterocycles. The normalized spacial score (nSPS) is 17.0. The number of benzene rings is 2. The van der Waals surface area contributed by atoms with Crippen LogP contribution in [-0.4, -0.2) is 67.1 Å². The maximum atomic E-state index is 10.3. The lowest BCUT2D eigenvalue weighted by Crippen LogP contribution is -3.00. The number of hydrogen-bond acceptors (Lipinski definition) is 6. The zero-order valence-corrected chi connectivity index (χ0v) is 19.5. The average Bonchev–Trinajstić information content (AvgIpc) is 3.19. The van der Waals surface area contributed by atoms with Crippen LogP contribution < -0.4 is 34.3 Å². The van der Waals surface area contributed by atoms with Crippen LogP contribution in [0.3, 0.4) is 0 Å². The van der Waals surface area contributed by atoms with Gasteiger partial charge in [-0.25, -0.2) is 0 Å². The Balaban J connectivity index is 0.00000171. The summed E-state index contributed by atoms with van der Waals surface area (Å²) in [6.07, 6.45) is -0.484. The number of ether oxygens (including phenoxy) is 3. The maximum absolute atomic E-state index is 10.3. The van der Waals surface area contributed by atoms with Crippen molar-refractivity contribution in [3.05, 3.63) is 58.6 Å². The molecule has 1 N–H and O–H groups in total. The summed E-state index contributed by atoms with van der Waals surface area (Å²) in [6.45, 7) is 6.51. The summed E-state index contributed by atoms with van der Waals surface area (Å²) >= 11 is 5.88. The van der Waals surface area contributed by atoms with Crippen molar-refractivity contribution in [3.8, 4) is 11.5 Å². The third-order valence-corrected chi connectivity index (χ3v) is 5.52. The second-order valence-corrected chi connectivity index (χ2v) is 8.00. The van der Waals surface area contributed by atoms with Crippen molar-refractivity contribution >= 4 is 11.6 Å². The molecule has 0 amide bonds. The van der Waals surface area contributed by atoms with Crippen LogP contribution in [0.5, 0.6) is 11.5 Å². The van der Waals surface area contributed by atoms with Crippen molar-refractivity contribution in [3.63, 3.8) is 0 Å². The van der Waals surface area contributed by atoms with E-state index in [1.807, 2.05) is 30.3 Å². The predicted octanol–water partition coefficient (Wildman–Crippen LogP) is -3.23. The molecule has 4 rings (SSSR count). The van der Waals surface area contributed by atoms with Gasteiger partial charge >= 0.3 is 0 Å². The molecule has 31 heavy (non-hydrogen) atoms. The minimum atomic E-state index is -0.484. The molecule has 1 unspecified atom stereocenters. The number of piperazine rings is 1. The summed E-state index contributed by atoms with van der Waals surface area (Å²) < 4.78 is 16.5. The molecule has 2 heterocycles. The van der Waals surface area contributed by atoms with E-state index in [-0.39, 0.29) is 24.8 Å². The first-order valence-corrected chi connectivity index (χ1v) is 10.4. The summed E-state index contributed by atoms with van der Waals surface area (Å²) in [5.74, 6) is 1.66. The molecule has 2 aliphatic heterocycles. The minimum absolute atomic E-state index is 0. The lowest BCUT2D eigenvalue weighted by atomic mass is 10.1. The van der Waals surface area contributed by atoms with Crippen molar-refractivity contribution in [2.75, 3.05) is 46.1 Å². The molecule has 0 radical (unpaired) electrons. The van der Waals surface area contributed by atoms with E-state index in [1.165, 1.54) is 5.56 Å². The van der Waals surface area contributed by atoms with Gasteiger partial charge in [-0.3, -0.25) is 9.80 Å². The zero-order valence-electron chi connectivity index (χ0n) is 17.2. The van der Waals surface area contributed by atoms with Gasteiger partial charge < -0.3 is 44.1 Å².